The highest BCUT2D eigenvalue weighted by Gasteiger charge is 2.29. The zero-order valence-electron chi connectivity index (χ0n) is 33.0. The van der Waals surface area contributed by atoms with Gasteiger partial charge in [0.1, 0.15) is 17.0 Å². The van der Waals surface area contributed by atoms with Crippen molar-refractivity contribution in [1.29, 1.82) is 5.41 Å². The van der Waals surface area contributed by atoms with E-state index in [4.69, 9.17) is 15.4 Å². The quantitative estimate of drug-likeness (QED) is 0.0829. The molecule has 0 radical (unpaired) electrons. The topological polar surface area (TPSA) is 146 Å². The number of benzene rings is 1. The van der Waals surface area contributed by atoms with Crippen molar-refractivity contribution in [3.05, 3.63) is 76.5 Å². The fraction of sp³-hybridized carbons (Fsp3) is 0.533. The summed E-state index contributed by atoms with van der Waals surface area (Å²) >= 11 is 0. The van der Waals surface area contributed by atoms with Crippen LogP contribution in [0.5, 0.6) is 0 Å². The molecule has 4 aromatic rings. The van der Waals surface area contributed by atoms with Gasteiger partial charge in [-0.3, -0.25) is 25.1 Å². The lowest BCUT2D eigenvalue weighted by Gasteiger charge is -2.34. The largest absolute Gasteiger partial charge is 0.372 e. The van der Waals surface area contributed by atoms with Gasteiger partial charge in [-0.05, 0) is 118 Å². The predicted octanol–water partition coefficient (Wildman–Crippen LogP) is 8.56. The number of fused-ring (bicyclic) bond motifs is 1. The highest BCUT2D eigenvalue weighted by atomic mass is 16.2. The van der Waals surface area contributed by atoms with Gasteiger partial charge in [-0.1, -0.05) is 56.7 Å². The molecule has 0 bridgehead atoms. The number of rotatable bonds is 10. The maximum atomic E-state index is 12.6. The number of hydrogen-bond acceptors (Lipinski definition) is 9. The third kappa shape index (κ3) is 8.13. The van der Waals surface area contributed by atoms with E-state index < -0.39 is 0 Å². The Hall–Kier alpha value is -4.93. The molecular weight excluding hydrogens is 701 g/mol. The maximum Gasteiger partial charge on any atom is 0.234 e. The lowest BCUT2D eigenvalue weighted by molar-refractivity contribution is -0.134. The SMILES string of the molecule is CC(=O)c1c(C)c2cnc(Nc3ccc(C4CCCC(CCC5CCN(c6ccc(C7CCC(=O)NC7=O)cc6)CC5)CC4)cn3)nc2n(C2CCCC2)c1=N. The molecule has 2 saturated carbocycles. The van der Waals surface area contributed by atoms with E-state index in [9.17, 15) is 14.4 Å². The summed E-state index contributed by atoms with van der Waals surface area (Å²) in [5.41, 5.74) is 5.71. The van der Waals surface area contributed by atoms with Crippen LogP contribution in [0.15, 0.2) is 48.8 Å². The van der Waals surface area contributed by atoms with Crippen LogP contribution in [0.3, 0.4) is 0 Å². The first-order chi connectivity index (χ1) is 27.2. The van der Waals surface area contributed by atoms with Crippen LogP contribution in [0.25, 0.3) is 11.0 Å². The summed E-state index contributed by atoms with van der Waals surface area (Å²) < 4.78 is 1.97. The molecule has 2 aliphatic heterocycles. The summed E-state index contributed by atoms with van der Waals surface area (Å²) in [5, 5.41) is 15.6. The first-order valence-corrected chi connectivity index (χ1v) is 21.1. The molecule has 3 N–H and O–H groups in total. The highest BCUT2D eigenvalue weighted by molar-refractivity contribution is 6.01. The van der Waals surface area contributed by atoms with Crippen molar-refractivity contribution in [3.63, 3.8) is 0 Å². The van der Waals surface area contributed by atoms with Crippen LogP contribution in [0.4, 0.5) is 17.5 Å². The standard InChI is InChI=1S/C45H56N8O3/c1-28-38-27-48-45(51-43(38)53(36-8-3-4-9-36)42(46)41(28)29(2)54)49-39-20-16-34(26-47-39)32-7-5-6-30(12-13-32)10-11-31-22-24-52(25-23-31)35-17-14-33(15-18-35)37-19-21-40(55)50-44(37)56/h14-18,20,26-27,30-32,36-37,46H,3-13,19,21-25H2,1-2H3,(H,50,55,56)(H,47,48,49,51). The van der Waals surface area contributed by atoms with Crippen molar-refractivity contribution in [1.82, 2.24) is 24.8 Å². The predicted molar refractivity (Wildman–Crippen MR) is 218 cm³/mol. The summed E-state index contributed by atoms with van der Waals surface area (Å²) in [6, 6.07) is 12.8. The van der Waals surface area contributed by atoms with Gasteiger partial charge in [0.2, 0.25) is 17.8 Å². The van der Waals surface area contributed by atoms with Crippen molar-refractivity contribution in [3.8, 4) is 0 Å². The molecule has 3 atom stereocenters. The van der Waals surface area contributed by atoms with E-state index in [1.807, 2.05) is 23.8 Å². The van der Waals surface area contributed by atoms with Crippen LogP contribution in [0, 0.1) is 24.2 Å². The number of carbonyl (C=O) groups excluding carboxylic acids is 3. The summed E-state index contributed by atoms with van der Waals surface area (Å²) in [4.78, 5) is 53.2. The van der Waals surface area contributed by atoms with Gasteiger partial charge < -0.3 is 14.8 Å². The van der Waals surface area contributed by atoms with E-state index in [0.29, 0.717) is 41.7 Å². The molecule has 5 heterocycles. The van der Waals surface area contributed by atoms with E-state index in [1.54, 1.807) is 6.20 Å². The van der Waals surface area contributed by atoms with Crippen molar-refractivity contribution >= 4 is 46.1 Å². The molecule has 56 heavy (non-hydrogen) atoms. The van der Waals surface area contributed by atoms with E-state index in [-0.39, 0.29) is 35.0 Å². The Balaban J connectivity index is 0.822. The summed E-state index contributed by atoms with van der Waals surface area (Å²) in [6.45, 7) is 5.58. The van der Waals surface area contributed by atoms with Crippen molar-refractivity contribution in [2.75, 3.05) is 23.3 Å². The number of nitrogens with one attached hydrogen (secondary N) is 3. The van der Waals surface area contributed by atoms with Crippen LogP contribution < -0.4 is 21.0 Å². The Morgan fingerprint density at radius 3 is 2.27 bits per heavy atom. The number of aryl methyl sites for hydroxylation is 1. The summed E-state index contributed by atoms with van der Waals surface area (Å²) in [7, 11) is 0. The molecule has 294 valence electrons. The number of nitrogens with zero attached hydrogens (tertiary/aromatic N) is 5. The number of carbonyl (C=O) groups is 3. The van der Waals surface area contributed by atoms with Gasteiger partial charge in [0.15, 0.2) is 5.78 Å². The molecule has 11 heteroatoms. The Morgan fingerprint density at radius 2 is 1.57 bits per heavy atom. The highest BCUT2D eigenvalue weighted by Crippen LogP contribution is 2.38. The van der Waals surface area contributed by atoms with Gasteiger partial charge >= 0.3 is 0 Å². The molecule has 2 aliphatic carbocycles. The average molecular weight is 757 g/mol. The Kier molecular flexibility index (Phi) is 11.3. The number of pyridine rings is 2. The summed E-state index contributed by atoms with van der Waals surface area (Å²) in [6.07, 6.45) is 20.4. The van der Waals surface area contributed by atoms with Gasteiger partial charge in [0.05, 0.1) is 11.5 Å². The van der Waals surface area contributed by atoms with Gasteiger partial charge in [0, 0.05) is 49.0 Å². The molecule has 2 amide bonds. The van der Waals surface area contributed by atoms with Crippen LogP contribution in [0.1, 0.15) is 148 Å². The second kappa shape index (κ2) is 16.7. The number of imide groups is 1. The average Bonchev–Trinajstić information content (AvgIpc) is 3.62. The zero-order chi connectivity index (χ0) is 38.8. The van der Waals surface area contributed by atoms with Crippen molar-refractivity contribution < 1.29 is 14.4 Å². The number of Topliss-reactive ketones (excluding diaryl/α,β-unsaturated/α-hetero) is 1. The second-order valence-electron chi connectivity index (χ2n) is 16.9. The number of amides is 2. The normalized spacial score (nSPS) is 22.6. The number of anilines is 3. The summed E-state index contributed by atoms with van der Waals surface area (Å²) in [5.74, 6) is 2.59. The van der Waals surface area contributed by atoms with E-state index >= 15 is 0 Å². The van der Waals surface area contributed by atoms with Crippen LogP contribution in [0.2, 0.25) is 0 Å². The second-order valence-corrected chi connectivity index (χ2v) is 16.9. The number of aromatic nitrogens is 4. The molecule has 0 spiro atoms. The maximum absolute atomic E-state index is 12.6. The van der Waals surface area contributed by atoms with E-state index in [1.165, 1.54) is 76.0 Å². The molecule has 11 nitrogen and oxygen atoms in total. The third-order valence-corrected chi connectivity index (χ3v) is 13.4. The van der Waals surface area contributed by atoms with Crippen molar-refractivity contribution in [2.24, 2.45) is 11.8 Å². The van der Waals surface area contributed by atoms with Crippen LogP contribution in [-0.2, 0) is 9.59 Å². The van der Waals surface area contributed by atoms with Crippen LogP contribution in [-0.4, -0.2) is 50.2 Å². The monoisotopic (exact) mass is 756 g/mol. The third-order valence-electron chi connectivity index (χ3n) is 13.4. The van der Waals surface area contributed by atoms with Crippen LogP contribution >= 0.6 is 0 Å². The fourth-order valence-corrected chi connectivity index (χ4v) is 10.1. The molecule has 8 rings (SSSR count). The van der Waals surface area contributed by atoms with Crippen molar-refractivity contribution in [2.45, 2.75) is 128 Å². The Labute approximate surface area is 329 Å². The lowest BCUT2D eigenvalue weighted by Crippen LogP contribution is -2.39. The van der Waals surface area contributed by atoms with Gasteiger partial charge in [-0.25, -0.2) is 9.97 Å². The lowest BCUT2D eigenvalue weighted by atomic mass is 9.85. The smallest absolute Gasteiger partial charge is 0.234 e. The van der Waals surface area contributed by atoms with Gasteiger partial charge in [-0.2, -0.15) is 4.98 Å². The first-order valence-electron chi connectivity index (χ1n) is 21.1. The number of hydrogen-bond donors (Lipinski definition) is 3. The Bertz CT molecular complexity index is 2130. The molecule has 2 saturated heterocycles. The zero-order valence-corrected chi connectivity index (χ0v) is 33.0. The number of ketones is 1. The van der Waals surface area contributed by atoms with Gasteiger partial charge in [0.25, 0.3) is 0 Å². The Morgan fingerprint density at radius 1 is 0.839 bits per heavy atom. The number of piperidine rings is 2. The fourth-order valence-electron chi connectivity index (χ4n) is 10.1. The minimum Gasteiger partial charge on any atom is -0.372 e. The molecule has 3 unspecified atom stereocenters. The van der Waals surface area contributed by atoms with E-state index in [2.05, 4.69) is 50.8 Å². The molecule has 4 aliphatic rings. The first kappa shape index (κ1) is 38.0. The molecule has 1 aromatic carbocycles. The van der Waals surface area contributed by atoms with E-state index in [0.717, 1.165) is 67.1 Å². The molecule has 3 aromatic heterocycles. The molecule has 4 fully saturated rings. The minimum absolute atomic E-state index is 0.0974. The van der Waals surface area contributed by atoms with Gasteiger partial charge in [-0.15, -0.1) is 0 Å². The molecular formula is C45H56N8O3. The minimum atomic E-state index is -0.229.